The van der Waals surface area contributed by atoms with Crippen LogP contribution in [0.3, 0.4) is 0 Å². The summed E-state index contributed by atoms with van der Waals surface area (Å²) < 4.78 is 0. The Morgan fingerprint density at radius 3 is 2.80 bits per heavy atom. The highest BCUT2D eigenvalue weighted by Gasteiger charge is 2.23. The van der Waals surface area contributed by atoms with E-state index in [1.807, 2.05) is 0 Å². The van der Waals surface area contributed by atoms with Crippen molar-refractivity contribution in [2.45, 2.75) is 25.0 Å². The van der Waals surface area contributed by atoms with Gasteiger partial charge < -0.3 is 5.11 Å². The van der Waals surface area contributed by atoms with E-state index < -0.39 is 5.97 Å². The lowest BCUT2D eigenvalue weighted by Crippen LogP contribution is -2.12. The van der Waals surface area contributed by atoms with Gasteiger partial charge in [-0.05, 0) is 12.8 Å². The van der Waals surface area contributed by atoms with Crippen molar-refractivity contribution in [3.63, 3.8) is 0 Å². The molecule has 1 aliphatic carbocycles. The third-order valence-corrected chi connectivity index (χ3v) is 3.16. The molecule has 1 aliphatic rings. The summed E-state index contributed by atoms with van der Waals surface area (Å²) in [6.07, 6.45) is 2.58. The van der Waals surface area contributed by atoms with Crippen LogP contribution in [0.2, 0.25) is 0 Å². The minimum Gasteiger partial charge on any atom is -0.481 e. The van der Waals surface area contributed by atoms with Gasteiger partial charge in [-0.15, -0.1) is 0 Å². The molecule has 0 aromatic rings. The third kappa shape index (κ3) is 2.60. The lowest BCUT2D eigenvalue weighted by atomic mass is 10.2. The van der Waals surface area contributed by atoms with Crippen LogP contribution in [0.4, 0.5) is 0 Å². The van der Waals surface area contributed by atoms with E-state index in [4.69, 9.17) is 5.11 Å². The second kappa shape index (κ2) is 3.28. The molecule has 0 radical (unpaired) electrons. The zero-order chi connectivity index (χ0) is 7.56. The van der Waals surface area contributed by atoms with Gasteiger partial charge in [-0.1, -0.05) is 6.92 Å². The maximum absolute atomic E-state index is 10.3. The van der Waals surface area contributed by atoms with Crippen molar-refractivity contribution >= 4 is 17.7 Å². The normalized spacial score (nSPS) is 20.5. The minimum absolute atomic E-state index is 0.175. The van der Waals surface area contributed by atoms with Crippen LogP contribution in [0.25, 0.3) is 0 Å². The highest BCUT2D eigenvalue weighted by molar-refractivity contribution is 8.00. The maximum atomic E-state index is 10.3. The summed E-state index contributed by atoms with van der Waals surface area (Å²) in [4.78, 5) is 10.3. The summed E-state index contributed by atoms with van der Waals surface area (Å²) in [5.74, 6) is -0.0706. The molecule has 0 aromatic carbocycles. The van der Waals surface area contributed by atoms with Gasteiger partial charge in [0.05, 0.1) is 5.92 Å². The van der Waals surface area contributed by atoms with Gasteiger partial charge in [-0.2, -0.15) is 11.8 Å². The van der Waals surface area contributed by atoms with E-state index in [2.05, 4.69) is 0 Å². The van der Waals surface area contributed by atoms with Crippen molar-refractivity contribution in [1.29, 1.82) is 0 Å². The largest absolute Gasteiger partial charge is 0.481 e. The molecule has 10 heavy (non-hydrogen) atoms. The fraction of sp³-hybridized carbons (Fsp3) is 0.857. The minimum atomic E-state index is -0.673. The second-order valence-electron chi connectivity index (χ2n) is 2.77. The van der Waals surface area contributed by atoms with Crippen molar-refractivity contribution in [1.82, 2.24) is 0 Å². The summed E-state index contributed by atoms with van der Waals surface area (Å²) >= 11 is 1.80. The molecule has 0 saturated heterocycles. The highest BCUT2D eigenvalue weighted by atomic mass is 32.2. The van der Waals surface area contributed by atoms with Gasteiger partial charge in [0.25, 0.3) is 0 Å². The molecule has 1 N–H and O–H groups in total. The summed E-state index contributed by atoms with van der Waals surface area (Å²) in [6.45, 7) is 1.76. The molecular weight excluding hydrogens is 148 g/mol. The van der Waals surface area contributed by atoms with Crippen LogP contribution in [0, 0.1) is 5.92 Å². The molecule has 1 fully saturated rings. The van der Waals surface area contributed by atoms with Crippen LogP contribution in [0.1, 0.15) is 19.8 Å². The number of carboxylic acid groups (broad SMARTS) is 1. The van der Waals surface area contributed by atoms with Crippen LogP contribution < -0.4 is 0 Å². The molecule has 2 nitrogen and oxygen atoms in total. The van der Waals surface area contributed by atoms with E-state index in [-0.39, 0.29) is 5.92 Å². The van der Waals surface area contributed by atoms with Gasteiger partial charge in [0.1, 0.15) is 0 Å². The van der Waals surface area contributed by atoms with Crippen molar-refractivity contribution in [2.24, 2.45) is 5.92 Å². The quantitative estimate of drug-likeness (QED) is 0.678. The van der Waals surface area contributed by atoms with E-state index >= 15 is 0 Å². The number of hydrogen-bond donors (Lipinski definition) is 1. The van der Waals surface area contributed by atoms with Gasteiger partial charge >= 0.3 is 5.97 Å². The van der Waals surface area contributed by atoms with Crippen molar-refractivity contribution < 1.29 is 9.90 Å². The maximum Gasteiger partial charge on any atom is 0.307 e. The predicted molar refractivity (Wildman–Crippen MR) is 42.3 cm³/mol. The molecular formula is C7H12O2S. The zero-order valence-electron chi connectivity index (χ0n) is 6.04. The van der Waals surface area contributed by atoms with Gasteiger partial charge in [-0.3, -0.25) is 4.79 Å². The SMILES string of the molecule is CC(CSC1CC1)C(=O)O. The molecule has 58 valence electrons. The first-order valence-electron chi connectivity index (χ1n) is 3.54. The van der Waals surface area contributed by atoms with Gasteiger partial charge in [0.2, 0.25) is 0 Å². The molecule has 3 heteroatoms. The Morgan fingerprint density at radius 2 is 2.40 bits per heavy atom. The monoisotopic (exact) mass is 160 g/mol. The summed E-state index contributed by atoms with van der Waals surface area (Å²) in [7, 11) is 0. The summed E-state index contributed by atoms with van der Waals surface area (Å²) in [5, 5.41) is 9.28. The Labute approximate surface area is 65.0 Å². The van der Waals surface area contributed by atoms with E-state index in [9.17, 15) is 4.79 Å². The lowest BCUT2D eigenvalue weighted by molar-refractivity contribution is -0.140. The highest BCUT2D eigenvalue weighted by Crippen LogP contribution is 2.34. The first kappa shape index (κ1) is 7.92. The van der Waals surface area contributed by atoms with E-state index in [1.54, 1.807) is 18.7 Å². The van der Waals surface area contributed by atoms with E-state index in [0.717, 1.165) is 11.0 Å². The van der Waals surface area contributed by atoms with Crippen LogP contribution in [-0.2, 0) is 4.79 Å². The van der Waals surface area contributed by atoms with Gasteiger partial charge in [-0.25, -0.2) is 0 Å². The van der Waals surface area contributed by atoms with Crippen molar-refractivity contribution in [2.75, 3.05) is 5.75 Å². The molecule has 0 bridgehead atoms. The Balaban J connectivity index is 2.05. The number of carbonyl (C=O) groups is 1. The number of rotatable bonds is 4. The molecule has 1 rings (SSSR count). The van der Waals surface area contributed by atoms with E-state index in [1.165, 1.54) is 12.8 Å². The first-order chi connectivity index (χ1) is 4.70. The van der Waals surface area contributed by atoms with Crippen LogP contribution >= 0.6 is 11.8 Å². The van der Waals surface area contributed by atoms with Gasteiger partial charge in [0.15, 0.2) is 0 Å². The second-order valence-corrected chi connectivity index (χ2v) is 4.11. The molecule has 0 spiro atoms. The number of hydrogen-bond acceptors (Lipinski definition) is 2. The zero-order valence-corrected chi connectivity index (χ0v) is 6.86. The van der Waals surface area contributed by atoms with Crippen molar-refractivity contribution in [3.8, 4) is 0 Å². The first-order valence-corrected chi connectivity index (χ1v) is 4.59. The predicted octanol–water partition coefficient (Wildman–Crippen LogP) is 1.60. The molecule has 1 unspecified atom stereocenters. The third-order valence-electron chi connectivity index (χ3n) is 1.53. The molecule has 0 amide bonds. The molecule has 0 aliphatic heterocycles. The van der Waals surface area contributed by atoms with Crippen LogP contribution in [0.5, 0.6) is 0 Å². The fourth-order valence-electron chi connectivity index (χ4n) is 0.586. The Hall–Kier alpha value is -0.180. The average Bonchev–Trinajstić information content (AvgIpc) is 2.64. The fourth-order valence-corrected chi connectivity index (χ4v) is 1.76. The standard InChI is InChI=1S/C7H12O2S/c1-5(7(8)9)4-10-6-2-3-6/h5-6H,2-4H2,1H3,(H,8,9). The molecule has 1 saturated carbocycles. The number of aliphatic carboxylic acids is 1. The average molecular weight is 160 g/mol. The topological polar surface area (TPSA) is 37.3 Å². The Bertz CT molecular complexity index is 132. The molecule has 0 heterocycles. The van der Waals surface area contributed by atoms with Gasteiger partial charge in [0, 0.05) is 11.0 Å². The van der Waals surface area contributed by atoms with E-state index in [0.29, 0.717) is 0 Å². The lowest BCUT2D eigenvalue weighted by Gasteiger charge is -2.02. The van der Waals surface area contributed by atoms with Crippen LogP contribution in [-0.4, -0.2) is 22.1 Å². The van der Waals surface area contributed by atoms with Crippen LogP contribution in [0.15, 0.2) is 0 Å². The Kier molecular flexibility index (Phi) is 2.60. The smallest absolute Gasteiger partial charge is 0.307 e. The Morgan fingerprint density at radius 1 is 1.80 bits per heavy atom. The number of thioether (sulfide) groups is 1. The molecule has 0 aromatic heterocycles. The van der Waals surface area contributed by atoms with Crippen molar-refractivity contribution in [3.05, 3.63) is 0 Å². The summed E-state index contributed by atoms with van der Waals surface area (Å²) in [5.41, 5.74) is 0. The number of carboxylic acids is 1. The molecule has 1 atom stereocenters. The summed E-state index contributed by atoms with van der Waals surface area (Å²) in [6, 6.07) is 0.